The van der Waals surface area contributed by atoms with Crippen molar-refractivity contribution in [3.05, 3.63) is 192 Å². The first-order valence-electron chi connectivity index (χ1n) is 18.9. The van der Waals surface area contributed by atoms with Crippen LogP contribution in [0.25, 0.3) is 0 Å². The first-order chi connectivity index (χ1) is 28.7. The van der Waals surface area contributed by atoms with Gasteiger partial charge in [-0.25, -0.2) is 42.5 Å². The molecule has 60 heavy (non-hydrogen) atoms. The zero-order valence-electron chi connectivity index (χ0n) is 31.9. The fourth-order valence-electron chi connectivity index (χ4n) is 7.53. The van der Waals surface area contributed by atoms with E-state index in [4.69, 9.17) is 0 Å². The van der Waals surface area contributed by atoms with E-state index in [1.807, 2.05) is 0 Å². The van der Waals surface area contributed by atoms with E-state index >= 15 is 8.78 Å². The maximum absolute atomic E-state index is 15.3. The SMILES string of the molecule is O=S(=O)(c1ccccc1)N([C@@H]1c2ccccc2CC[C@H]1F)S(=O)(=O)c1ccccc1.O=S(=O)(c1ccccc1)N([C@@H]1c2ccccc2CC[C@H]1F)S(=O)(=O)c1ccccc1. The molecule has 0 N–H and O–H groups in total. The summed E-state index contributed by atoms with van der Waals surface area (Å²) < 4.78 is 140. The third-order valence-electron chi connectivity index (χ3n) is 10.4. The summed E-state index contributed by atoms with van der Waals surface area (Å²) in [6.45, 7) is 0. The molecular formula is C44H40F2N2O8S4. The fourth-order valence-corrected chi connectivity index (χ4v) is 15.6. The molecule has 10 nitrogen and oxygen atoms in total. The van der Waals surface area contributed by atoms with Gasteiger partial charge in [-0.2, -0.15) is 0 Å². The second-order valence-corrected chi connectivity index (χ2v) is 21.8. The van der Waals surface area contributed by atoms with Crippen LogP contribution >= 0.6 is 0 Å². The Labute approximate surface area is 350 Å². The average Bonchev–Trinajstić information content (AvgIpc) is 3.27. The first-order valence-corrected chi connectivity index (χ1v) is 24.7. The van der Waals surface area contributed by atoms with Crippen LogP contribution in [0.2, 0.25) is 0 Å². The molecule has 0 spiro atoms. The first kappa shape index (κ1) is 43.0. The van der Waals surface area contributed by atoms with E-state index in [0.717, 1.165) is 11.1 Å². The van der Waals surface area contributed by atoms with Gasteiger partial charge in [-0.1, -0.05) is 129 Å². The number of rotatable bonds is 10. The quantitative estimate of drug-likeness (QED) is 0.134. The van der Waals surface area contributed by atoms with Crippen LogP contribution in [0.4, 0.5) is 8.78 Å². The van der Waals surface area contributed by atoms with Crippen molar-refractivity contribution in [3.8, 4) is 0 Å². The summed E-state index contributed by atoms with van der Waals surface area (Å²) in [5, 5.41) is 0. The number of halogens is 2. The van der Waals surface area contributed by atoms with Crippen LogP contribution in [-0.2, 0) is 52.9 Å². The van der Waals surface area contributed by atoms with Gasteiger partial charge in [-0.15, -0.1) is 0 Å². The minimum Gasteiger partial charge on any atom is -0.245 e. The molecule has 2 aliphatic carbocycles. The maximum Gasteiger partial charge on any atom is 0.257 e. The Morgan fingerprint density at radius 3 is 0.850 bits per heavy atom. The van der Waals surface area contributed by atoms with Crippen molar-refractivity contribution < 1.29 is 42.5 Å². The lowest BCUT2D eigenvalue weighted by molar-refractivity contribution is 0.202. The summed E-state index contributed by atoms with van der Waals surface area (Å²) in [7, 11) is -18.3. The zero-order chi connectivity index (χ0) is 42.7. The topological polar surface area (TPSA) is 143 Å². The molecule has 0 saturated carbocycles. The van der Waals surface area contributed by atoms with Crippen LogP contribution in [0.5, 0.6) is 0 Å². The standard InChI is InChI=1S/2C22H20FNO4S2/c2*23-21-16-15-17-9-7-8-14-20(17)22(21)24(29(25,26)18-10-3-1-4-11-18)30(27,28)19-12-5-2-6-13-19/h2*1-14,21-22H,15-16H2/t2*21-,22-/m11/s1. The highest BCUT2D eigenvalue weighted by Gasteiger charge is 2.49. The molecule has 0 unspecified atom stereocenters. The average molecular weight is 891 g/mol. The van der Waals surface area contributed by atoms with Crippen LogP contribution < -0.4 is 0 Å². The van der Waals surface area contributed by atoms with Crippen molar-refractivity contribution in [2.24, 2.45) is 0 Å². The minimum atomic E-state index is -4.58. The molecule has 16 heteroatoms. The van der Waals surface area contributed by atoms with Crippen molar-refractivity contribution >= 4 is 40.1 Å². The second kappa shape index (κ2) is 17.5. The number of benzene rings is 6. The molecule has 0 radical (unpaired) electrons. The third-order valence-corrected chi connectivity index (χ3v) is 19.0. The molecule has 0 aliphatic heterocycles. The predicted octanol–water partition coefficient (Wildman–Crippen LogP) is 8.18. The Balaban J connectivity index is 0.000000181. The molecule has 0 saturated heterocycles. The largest absolute Gasteiger partial charge is 0.257 e. The van der Waals surface area contributed by atoms with Crippen LogP contribution in [0.1, 0.15) is 47.2 Å². The number of fused-ring (bicyclic) bond motifs is 2. The van der Waals surface area contributed by atoms with Crippen molar-refractivity contribution in [3.63, 3.8) is 0 Å². The summed E-state index contributed by atoms with van der Waals surface area (Å²) in [4.78, 5) is -0.834. The molecule has 0 amide bonds. The molecule has 4 atom stereocenters. The van der Waals surface area contributed by atoms with Gasteiger partial charge < -0.3 is 0 Å². The van der Waals surface area contributed by atoms with Gasteiger partial charge in [-0.05, 0) is 96.5 Å². The van der Waals surface area contributed by atoms with Gasteiger partial charge in [0, 0.05) is 0 Å². The summed E-state index contributed by atoms with van der Waals surface area (Å²) in [5.41, 5.74) is 2.23. The minimum absolute atomic E-state index is 0.0345. The molecule has 0 fully saturated rings. The van der Waals surface area contributed by atoms with Gasteiger partial charge in [0.25, 0.3) is 40.1 Å². The van der Waals surface area contributed by atoms with E-state index in [0.29, 0.717) is 31.4 Å². The van der Waals surface area contributed by atoms with Gasteiger partial charge in [0.1, 0.15) is 12.3 Å². The Morgan fingerprint density at radius 2 is 0.583 bits per heavy atom. The lowest BCUT2D eigenvalue weighted by Crippen LogP contribution is -2.45. The fraction of sp³-hybridized carbons (Fsp3) is 0.182. The number of hydrogen-bond donors (Lipinski definition) is 0. The Hall–Kier alpha value is -5.10. The lowest BCUT2D eigenvalue weighted by atomic mass is 9.87. The Morgan fingerprint density at radius 1 is 0.350 bits per heavy atom. The zero-order valence-corrected chi connectivity index (χ0v) is 35.1. The van der Waals surface area contributed by atoms with Gasteiger partial charge in [0.15, 0.2) is 0 Å². The van der Waals surface area contributed by atoms with Gasteiger partial charge in [0.05, 0.1) is 31.7 Å². The molecule has 0 heterocycles. The van der Waals surface area contributed by atoms with E-state index in [1.54, 1.807) is 72.8 Å². The third kappa shape index (κ3) is 8.32. The number of sulfonamides is 4. The maximum atomic E-state index is 15.3. The molecule has 312 valence electrons. The van der Waals surface area contributed by atoms with Gasteiger partial charge in [0.2, 0.25) is 0 Å². The molecule has 6 aromatic rings. The monoisotopic (exact) mass is 890 g/mol. The molecule has 2 aliphatic rings. The van der Waals surface area contributed by atoms with Crippen LogP contribution in [0.3, 0.4) is 0 Å². The number of alkyl halides is 2. The smallest absolute Gasteiger partial charge is 0.245 e. The van der Waals surface area contributed by atoms with Crippen LogP contribution in [0.15, 0.2) is 189 Å². The lowest BCUT2D eigenvalue weighted by Gasteiger charge is -2.36. The molecule has 8 rings (SSSR count). The normalized spacial score (nSPS) is 19.4. The van der Waals surface area contributed by atoms with Crippen molar-refractivity contribution in [2.75, 3.05) is 0 Å². The van der Waals surface area contributed by atoms with Crippen LogP contribution in [-0.4, -0.2) is 53.4 Å². The van der Waals surface area contributed by atoms with Crippen LogP contribution in [0, 0.1) is 0 Å². The Kier molecular flexibility index (Phi) is 12.5. The van der Waals surface area contributed by atoms with Crippen molar-refractivity contribution in [1.29, 1.82) is 0 Å². The summed E-state index contributed by atoms with van der Waals surface area (Å²) in [6.07, 6.45) is -2.44. The van der Waals surface area contributed by atoms with Crippen molar-refractivity contribution in [1.82, 2.24) is 7.42 Å². The summed E-state index contributed by atoms with van der Waals surface area (Å²) >= 11 is 0. The summed E-state index contributed by atoms with van der Waals surface area (Å²) in [6, 6.07) is 39.7. The Bertz CT molecular complexity index is 2550. The molecule has 6 aromatic carbocycles. The van der Waals surface area contributed by atoms with E-state index in [1.165, 1.54) is 97.1 Å². The predicted molar refractivity (Wildman–Crippen MR) is 223 cm³/mol. The highest BCUT2D eigenvalue weighted by molar-refractivity contribution is 8.04. The van der Waals surface area contributed by atoms with E-state index in [2.05, 4.69) is 0 Å². The highest BCUT2D eigenvalue weighted by atomic mass is 32.3. The molecule has 0 bridgehead atoms. The molecular weight excluding hydrogens is 851 g/mol. The van der Waals surface area contributed by atoms with E-state index < -0.39 is 64.5 Å². The number of nitrogens with zero attached hydrogens (tertiary/aromatic N) is 2. The van der Waals surface area contributed by atoms with Crippen molar-refractivity contribution in [2.45, 2.75) is 69.7 Å². The van der Waals surface area contributed by atoms with E-state index in [-0.39, 0.29) is 32.4 Å². The number of aryl methyl sites for hydroxylation is 2. The molecule has 0 aromatic heterocycles. The number of hydrogen-bond acceptors (Lipinski definition) is 8. The van der Waals surface area contributed by atoms with Gasteiger partial charge >= 0.3 is 0 Å². The summed E-state index contributed by atoms with van der Waals surface area (Å²) in [5.74, 6) is 0. The highest BCUT2D eigenvalue weighted by Crippen LogP contribution is 2.44. The van der Waals surface area contributed by atoms with Gasteiger partial charge in [-0.3, -0.25) is 0 Å². The second-order valence-electron chi connectivity index (χ2n) is 14.1. The van der Waals surface area contributed by atoms with E-state index in [9.17, 15) is 33.7 Å².